The molecule has 0 radical (unpaired) electrons. The van der Waals surface area contributed by atoms with Crippen LogP contribution >= 0.6 is 23.4 Å². The predicted octanol–water partition coefficient (Wildman–Crippen LogP) is 6.43. The number of aromatic carboxylic acids is 1. The van der Waals surface area contributed by atoms with E-state index in [2.05, 4.69) is 10.6 Å². The maximum atomic E-state index is 13.0. The van der Waals surface area contributed by atoms with Gasteiger partial charge in [-0.15, -0.1) is 11.8 Å². The van der Waals surface area contributed by atoms with Crippen molar-refractivity contribution < 1.29 is 32.7 Å². The molecule has 0 saturated carbocycles. The first-order valence-corrected chi connectivity index (χ1v) is 11.3. The van der Waals surface area contributed by atoms with E-state index in [-0.39, 0.29) is 21.8 Å². The summed E-state index contributed by atoms with van der Waals surface area (Å²) in [5.41, 5.74) is -0.881. The normalized spacial score (nSPS) is 12.0. The van der Waals surface area contributed by atoms with E-state index < -0.39 is 34.8 Å². The zero-order valence-corrected chi connectivity index (χ0v) is 19.6. The molecule has 0 saturated heterocycles. The van der Waals surface area contributed by atoms with Gasteiger partial charge < -0.3 is 15.7 Å². The molecular weight excluding hydrogens is 505 g/mol. The van der Waals surface area contributed by atoms with Crippen LogP contribution in [0.25, 0.3) is 0 Å². The molecule has 3 N–H and O–H groups in total. The Kier molecular flexibility index (Phi) is 8.08. The molecule has 0 aromatic heterocycles. The second-order valence-electron chi connectivity index (χ2n) is 7.27. The summed E-state index contributed by atoms with van der Waals surface area (Å²) in [4.78, 5) is 37.1. The molecular formula is C24H18ClF3N2O4S. The van der Waals surface area contributed by atoms with Crippen LogP contribution in [0.1, 0.15) is 33.2 Å². The SMILES string of the molecule is CC(Sc1cccc(NC(=O)c2ccccc2C(=O)O)c1)C(=O)Nc1cc(C(F)(F)F)ccc1Cl. The van der Waals surface area contributed by atoms with Crippen molar-refractivity contribution in [2.45, 2.75) is 23.2 Å². The van der Waals surface area contributed by atoms with Crippen LogP contribution in [0.5, 0.6) is 0 Å². The smallest absolute Gasteiger partial charge is 0.416 e. The van der Waals surface area contributed by atoms with E-state index in [1.165, 1.54) is 18.2 Å². The molecule has 0 spiro atoms. The summed E-state index contributed by atoms with van der Waals surface area (Å²) >= 11 is 7.05. The lowest BCUT2D eigenvalue weighted by molar-refractivity contribution is -0.137. The Hall–Kier alpha value is -3.50. The highest BCUT2D eigenvalue weighted by atomic mass is 35.5. The minimum Gasteiger partial charge on any atom is -0.478 e. The van der Waals surface area contributed by atoms with Crippen LogP contribution in [0.2, 0.25) is 5.02 Å². The van der Waals surface area contributed by atoms with Crippen LogP contribution in [0.4, 0.5) is 24.5 Å². The van der Waals surface area contributed by atoms with Gasteiger partial charge in [0.2, 0.25) is 5.91 Å². The Morgan fingerprint density at radius 1 is 0.943 bits per heavy atom. The predicted molar refractivity (Wildman–Crippen MR) is 128 cm³/mol. The lowest BCUT2D eigenvalue weighted by Gasteiger charge is -2.15. The van der Waals surface area contributed by atoms with Crippen LogP contribution in [0.15, 0.2) is 71.6 Å². The Labute approximate surface area is 207 Å². The zero-order valence-electron chi connectivity index (χ0n) is 18.0. The second kappa shape index (κ2) is 10.8. The van der Waals surface area contributed by atoms with Crippen molar-refractivity contribution in [2.75, 3.05) is 10.6 Å². The topological polar surface area (TPSA) is 95.5 Å². The van der Waals surface area contributed by atoms with Crippen molar-refractivity contribution in [1.82, 2.24) is 0 Å². The molecule has 0 heterocycles. The molecule has 1 atom stereocenters. The maximum Gasteiger partial charge on any atom is 0.416 e. The monoisotopic (exact) mass is 522 g/mol. The summed E-state index contributed by atoms with van der Waals surface area (Å²) in [5.74, 6) is -2.42. The first-order valence-electron chi connectivity index (χ1n) is 10.0. The number of hydrogen-bond acceptors (Lipinski definition) is 4. The number of halogens is 4. The molecule has 3 rings (SSSR count). The van der Waals surface area contributed by atoms with Crippen LogP contribution in [0.3, 0.4) is 0 Å². The van der Waals surface area contributed by atoms with Crippen LogP contribution in [0, 0.1) is 0 Å². The highest BCUT2D eigenvalue weighted by Gasteiger charge is 2.31. The van der Waals surface area contributed by atoms with E-state index >= 15 is 0 Å². The molecule has 0 aliphatic carbocycles. The van der Waals surface area contributed by atoms with Gasteiger partial charge in [0.25, 0.3) is 5.91 Å². The van der Waals surface area contributed by atoms with Gasteiger partial charge in [0.15, 0.2) is 0 Å². The highest BCUT2D eigenvalue weighted by Crippen LogP contribution is 2.34. The van der Waals surface area contributed by atoms with Gasteiger partial charge in [0.1, 0.15) is 0 Å². The standard InChI is InChI=1S/C24H18ClF3N2O4S/c1-13(21(31)30-20-11-14(24(26,27)28)9-10-19(20)25)35-16-6-4-5-15(12-16)29-22(32)17-7-2-3-8-18(17)23(33)34/h2-13H,1H3,(H,29,32)(H,30,31)(H,33,34). The number of anilines is 2. The number of carbonyl (C=O) groups excluding carboxylic acids is 2. The van der Waals surface area contributed by atoms with Gasteiger partial charge in [-0.05, 0) is 55.5 Å². The van der Waals surface area contributed by atoms with Crippen molar-refractivity contribution in [3.8, 4) is 0 Å². The molecule has 11 heteroatoms. The Balaban J connectivity index is 1.69. The Morgan fingerprint density at radius 2 is 1.63 bits per heavy atom. The molecule has 0 aliphatic rings. The summed E-state index contributed by atoms with van der Waals surface area (Å²) in [6.45, 7) is 1.57. The number of carbonyl (C=O) groups is 3. The third-order valence-electron chi connectivity index (χ3n) is 4.73. The Bertz CT molecular complexity index is 1280. The number of thioether (sulfide) groups is 1. The van der Waals surface area contributed by atoms with Crippen molar-refractivity contribution >= 4 is 52.5 Å². The van der Waals surface area contributed by atoms with Gasteiger partial charge >= 0.3 is 12.1 Å². The van der Waals surface area contributed by atoms with E-state index in [0.29, 0.717) is 10.6 Å². The Morgan fingerprint density at radius 3 is 2.29 bits per heavy atom. The molecule has 3 aromatic rings. The third-order valence-corrected chi connectivity index (χ3v) is 6.15. The maximum absolute atomic E-state index is 13.0. The fourth-order valence-electron chi connectivity index (χ4n) is 3.00. The van der Waals surface area contributed by atoms with E-state index in [4.69, 9.17) is 11.6 Å². The summed E-state index contributed by atoms with van der Waals surface area (Å²) in [7, 11) is 0. The van der Waals surface area contributed by atoms with E-state index in [1.807, 2.05) is 0 Å². The van der Waals surface area contributed by atoms with E-state index in [0.717, 1.165) is 30.0 Å². The number of alkyl halides is 3. The van der Waals surface area contributed by atoms with Gasteiger partial charge in [-0.2, -0.15) is 13.2 Å². The largest absolute Gasteiger partial charge is 0.478 e. The minimum absolute atomic E-state index is 0.0104. The van der Waals surface area contributed by atoms with Crippen LogP contribution < -0.4 is 10.6 Å². The summed E-state index contributed by atoms with van der Waals surface area (Å²) in [5, 5.41) is 13.5. The number of amides is 2. The molecule has 6 nitrogen and oxygen atoms in total. The van der Waals surface area contributed by atoms with Gasteiger partial charge in [0.05, 0.1) is 32.7 Å². The molecule has 1 unspecified atom stereocenters. The highest BCUT2D eigenvalue weighted by molar-refractivity contribution is 8.00. The summed E-state index contributed by atoms with van der Waals surface area (Å²) < 4.78 is 38.9. The van der Waals surface area contributed by atoms with E-state index in [1.54, 1.807) is 37.3 Å². The lowest BCUT2D eigenvalue weighted by Crippen LogP contribution is -2.23. The fourth-order valence-corrected chi connectivity index (χ4v) is 4.09. The van der Waals surface area contributed by atoms with Crippen molar-refractivity contribution in [3.63, 3.8) is 0 Å². The molecule has 0 fully saturated rings. The third kappa shape index (κ3) is 6.77. The number of rotatable bonds is 7. The molecule has 3 aromatic carbocycles. The second-order valence-corrected chi connectivity index (χ2v) is 9.10. The number of benzene rings is 3. The molecule has 0 aliphatic heterocycles. The van der Waals surface area contributed by atoms with Crippen molar-refractivity contribution in [1.29, 1.82) is 0 Å². The number of carboxylic acids is 1. The molecule has 182 valence electrons. The fraction of sp³-hybridized carbons (Fsp3) is 0.125. The first kappa shape index (κ1) is 26.1. The van der Waals surface area contributed by atoms with Crippen LogP contribution in [-0.2, 0) is 11.0 Å². The number of carboxylic acid groups (broad SMARTS) is 1. The minimum atomic E-state index is -4.58. The summed E-state index contributed by atoms with van der Waals surface area (Å²) in [6.07, 6.45) is -4.58. The molecule has 0 bridgehead atoms. The first-order chi connectivity index (χ1) is 16.5. The van der Waals surface area contributed by atoms with Gasteiger partial charge in [-0.1, -0.05) is 29.8 Å². The average molecular weight is 523 g/mol. The molecule has 2 amide bonds. The van der Waals surface area contributed by atoms with Gasteiger partial charge in [-0.3, -0.25) is 9.59 Å². The lowest BCUT2D eigenvalue weighted by atomic mass is 10.1. The van der Waals surface area contributed by atoms with Crippen molar-refractivity contribution in [2.24, 2.45) is 0 Å². The quantitative estimate of drug-likeness (QED) is 0.311. The van der Waals surface area contributed by atoms with E-state index in [9.17, 15) is 32.7 Å². The average Bonchev–Trinajstić information content (AvgIpc) is 2.79. The zero-order chi connectivity index (χ0) is 25.8. The molecule has 35 heavy (non-hydrogen) atoms. The van der Waals surface area contributed by atoms with Crippen LogP contribution in [-0.4, -0.2) is 28.1 Å². The van der Waals surface area contributed by atoms with Gasteiger partial charge in [0, 0.05) is 10.6 Å². The van der Waals surface area contributed by atoms with Gasteiger partial charge in [-0.25, -0.2) is 4.79 Å². The summed E-state index contributed by atoms with van der Waals surface area (Å²) in [6, 6.07) is 14.9. The number of hydrogen-bond donors (Lipinski definition) is 3. The van der Waals surface area contributed by atoms with Crippen molar-refractivity contribution in [3.05, 3.63) is 88.4 Å². The number of nitrogens with one attached hydrogen (secondary N) is 2.